The standard InChI is InChI=1S/C20H18ClFN2O3/c21-14-10-13(11-17-20(14)27-12-26-17)6-7-18(25)23-19-15(22)4-3-5-16(19)24-8-1-2-9-24/h3-7,10-11H,1-2,8-9,12H2,(H,23,25)/b7-6+. The molecule has 2 aliphatic heterocycles. The Bertz CT molecular complexity index is 910. The number of nitrogens with zero attached hydrogens (tertiary/aromatic N) is 1. The summed E-state index contributed by atoms with van der Waals surface area (Å²) in [5.41, 5.74) is 1.60. The molecule has 1 saturated heterocycles. The molecule has 0 atom stereocenters. The summed E-state index contributed by atoms with van der Waals surface area (Å²) in [6, 6.07) is 8.24. The molecule has 5 nitrogen and oxygen atoms in total. The normalized spacial score (nSPS) is 15.6. The van der Waals surface area contributed by atoms with E-state index in [9.17, 15) is 9.18 Å². The van der Waals surface area contributed by atoms with Gasteiger partial charge >= 0.3 is 0 Å². The minimum absolute atomic E-state index is 0.120. The SMILES string of the molecule is O=C(/C=C/c1cc(Cl)c2c(c1)OCO2)Nc1c(F)cccc1N1CCCC1. The number of benzene rings is 2. The molecule has 7 heteroatoms. The van der Waals surface area contributed by atoms with Crippen LogP contribution in [-0.4, -0.2) is 25.8 Å². The van der Waals surface area contributed by atoms with Crippen molar-refractivity contribution in [1.82, 2.24) is 0 Å². The highest BCUT2D eigenvalue weighted by atomic mass is 35.5. The summed E-state index contributed by atoms with van der Waals surface area (Å²) in [5, 5.41) is 3.07. The first-order valence-corrected chi connectivity index (χ1v) is 9.11. The van der Waals surface area contributed by atoms with Gasteiger partial charge in [-0.1, -0.05) is 17.7 Å². The third kappa shape index (κ3) is 3.71. The van der Waals surface area contributed by atoms with Gasteiger partial charge in [-0.25, -0.2) is 4.39 Å². The molecule has 1 N–H and O–H groups in total. The second kappa shape index (κ2) is 7.48. The molecule has 2 aromatic rings. The second-order valence-electron chi connectivity index (χ2n) is 6.39. The molecule has 0 saturated carbocycles. The quantitative estimate of drug-likeness (QED) is 0.786. The third-order valence-corrected chi connectivity index (χ3v) is 4.84. The van der Waals surface area contributed by atoms with Gasteiger partial charge in [0.25, 0.3) is 0 Å². The monoisotopic (exact) mass is 388 g/mol. The van der Waals surface area contributed by atoms with Crippen molar-refractivity contribution in [3.63, 3.8) is 0 Å². The number of carbonyl (C=O) groups excluding carboxylic acids is 1. The smallest absolute Gasteiger partial charge is 0.248 e. The lowest BCUT2D eigenvalue weighted by molar-refractivity contribution is -0.111. The second-order valence-corrected chi connectivity index (χ2v) is 6.79. The van der Waals surface area contributed by atoms with Crippen molar-refractivity contribution in [2.45, 2.75) is 12.8 Å². The van der Waals surface area contributed by atoms with E-state index in [1.54, 1.807) is 24.3 Å². The maximum absolute atomic E-state index is 14.3. The van der Waals surface area contributed by atoms with Gasteiger partial charge in [0.2, 0.25) is 12.7 Å². The number of ether oxygens (including phenoxy) is 2. The number of halogens is 2. The maximum Gasteiger partial charge on any atom is 0.248 e. The van der Waals surface area contributed by atoms with Crippen molar-refractivity contribution in [3.8, 4) is 11.5 Å². The zero-order valence-electron chi connectivity index (χ0n) is 14.5. The van der Waals surface area contributed by atoms with E-state index in [-0.39, 0.29) is 12.5 Å². The minimum atomic E-state index is -0.452. The fraction of sp³-hybridized carbons (Fsp3) is 0.250. The van der Waals surface area contributed by atoms with Gasteiger partial charge in [-0.2, -0.15) is 0 Å². The molecule has 2 aromatic carbocycles. The van der Waals surface area contributed by atoms with Gasteiger partial charge in [-0.3, -0.25) is 4.79 Å². The molecule has 0 aromatic heterocycles. The molecular weight excluding hydrogens is 371 g/mol. The topological polar surface area (TPSA) is 50.8 Å². The number of fused-ring (bicyclic) bond motifs is 1. The molecule has 0 spiro atoms. The first-order valence-electron chi connectivity index (χ1n) is 8.73. The van der Waals surface area contributed by atoms with Crippen LogP contribution in [0.2, 0.25) is 5.02 Å². The Morgan fingerprint density at radius 3 is 2.85 bits per heavy atom. The number of hydrogen-bond donors (Lipinski definition) is 1. The Balaban J connectivity index is 1.52. The first kappa shape index (κ1) is 17.7. The molecule has 27 heavy (non-hydrogen) atoms. The number of para-hydroxylation sites is 1. The Hall–Kier alpha value is -2.73. The molecule has 1 fully saturated rings. The Morgan fingerprint density at radius 2 is 2.04 bits per heavy atom. The molecule has 1 amide bonds. The summed E-state index contributed by atoms with van der Waals surface area (Å²) < 4.78 is 24.9. The zero-order valence-corrected chi connectivity index (χ0v) is 15.3. The molecule has 140 valence electrons. The summed E-state index contributed by atoms with van der Waals surface area (Å²) in [7, 11) is 0. The number of anilines is 2. The van der Waals surface area contributed by atoms with Crippen molar-refractivity contribution in [2.75, 3.05) is 30.1 Å². The van der Waals surface area contributed by atoms with Crippen LogP contribution in [0.4, 0.5) is 15.8 Å². The Kier molecular flexibility index (Phi) is 4.90. The molecule has 0 bridgehead atoms. The minimum Gasteiger partial charge on any atom is -0.454 e. The lowest BCUT2D eigenvalue weighted by Gasteiger charge is -2.21. The lowest BCUT2D eigenvalue weighted by Crippen LogP contribution is -2.21. The molecule has 2 aliphatic rings. The van der Waals surface area contributed by atoms with Crippen molar-refractivity contribution >= 4 is 35.0 Å². The van der Waals surface area contributed by atoms with E-state index in [4.69, 9.17) is 21.1 Å². The highest BCUT2D eigenvalue weighted by Crippen LogP contribution is 2.40. The summed E-state index contributed by atoms with van der Waals surface area (Å²) >= 11 is 6.14. The molecule has 0 radical (unpaired) electrons. The van der Waals surface area contributed by atoms with Crippen LogP contribution in [0.3, 0.4) is 0 Å². The van der Waals surface area contributed by atoms with Gasteiger partial charge in [0.1, 0.15) is 11.5 Å². The number of hydrogen-bond acceptors (Lipinski definition) is 4. The highest BCUT2D eigenvalue weighted by molar-refractivity contribution is 6.32. The average molecular weight is 389 g/mol. The van der Waals surface area contributed by atoms with E-state index in [1.165, 1.54) is 12.1 Å². The average Bonchev–Trinajstić information content (AvgIpc) is 3.33. The summed E-state index contributed by atoms with van der Waals surface area (Å²) in [6.45, 7) is 1.84. The van der Waals surface area contributed by atoms with Gasteiger partial charge in [-0.15, -0.1) is 0 Å². The predicted octanol–water partition coefficient (Wildman–Crippen LogP) is 4.46. The zero-order chi connectivity index (χ0) is 18.8. The highest BCUT2D eigenvalue weighted by Gasteiger charge is 2.20. The van der Waals surface area contributed by atoms with Crippen molar-refractivity contribution in [1.29, 1.82) is 0 Å². The van der Waals surface area contributed by atoms with E-state index < -0.39 is 11.7 Å². The fourth-order valence-corrected chi connectivity index (χ4v) is 3.55. The fourth-order valence-electron chi connectivity index (χ4n) is 3.28. The molecular formula is C20H18ClFN2O3. The number of carbonyl (C=O) groups is 1. The largest absolute Gasteiger partial charge is 0.454 e. The molecule has 4 rings (SSSR count). The third-order valence-electron chi connectivity index (χ3n) is 4.56. The number of nitrogens with one attached hydrogen (secondary N) is 1. The first-order chi connectivity index (χ1) is 13.1. The van der Waals surface area contributed by atoms with Crippen molar-refractivity contribution in [2.24, 2.45) is 0 Å². The predicted molar refractivity (Wildman–Crippen MR) is 103 cm³/mol. The van der Waals surface area contributed by atoms with Gasteiger partial charge in [-0.05, 0) is 48.7 Å². The van der Waals surface area contributed by atoms with Crippen LogP contribution < -0.4 is 19.7 Å². The summed E-state index contributed by atoms with van der Waals surface area (Å²) in [4.78, 5) is 14.4. The molecule has 0 aliphatic carbocycles. The van der Waals surface area contributed by atoms with Gasteiger partial charge in [0.15, 0.2) is 11.5 Å². The molecule has 2 heterocycles. The van der Waals surface area contributed by atoms with Crippen LogP contribution >= 0.6 is 11.6 Å². The van der Waals surface area contributed by atoms with Gasteiger partial charge in [0, 0.05) is 19.2 Å². The van der Waals surface area contributed by atoms with Gasteiger partial charge in [0.05, 0.1) is 10.7 Å². The Labute approximate surface area is 161 Å². The van der Waals surface area contributed by atoms with Crippen LogP contribution in [0, 0.1) is 5.82 Å². The van der Waals surface area contributed by atoms with Gasteiger partial charge < -0.3 is 19.7 Å². The van der Waals surface area contributed by atoms with Crippen LogP contribution in [-0.2, 0) is 4.79 Å². The van der Waals surface area contributed by atoms with Crippen LogP contribution in [0.1, 0.15) is 18.4 Å². The Morgan fingerprint density at radius 1 is 1.22 bits per heavy atom. The van der Waals surface area contributed by atoms with Crippen LogP contribution in [0.25, 0.3) is 6.08 Å². The van der Waals surface area contributed by atoms with E-state index in [0.717, 1.165) is 25.9 Å². The van der Waals surface area contributed by atoms with Crippen molar-refractivity contribution < 1.29 is 18.7 Å². The lowest BCUT2D eigenvalue weighted by atomic mass is 10.2. The van der Waals surface area contributed by atoms with E-state index in [1.807, 2.05) is 6.07 Å². The number of amides is 1. The number of rotatable bonds is 4. The summed E-state index contributed by atoms with van der Waals surface area (Å²) in [6.07, 6.45) is 5.07. The van der Waals surface area contributed by atoms with E-state index >= 15 is 0 Å². The maximum atomic E-state index is 14.3. The summed E-state index contributed by atoms with van der Waals surface area (Å²) in [5.74, 6) is 0.162. The van der Waals surface area contributed by atoms with Crippen LogP contribution in [0.15, 0.2) is 36.4 Å². The molecule has 0 unspecified atom stereocenters. The van der Waals surface area contributed by atoms with E-state index in [0.29, 0.717) is 27.8 Å². The van der Waals surface area contributed by atoms with E-state index in [2.05, 4.69) is 10.2 Å². The van der Waals surface area contributed by atoms with Crippen molar-refractivity contribution in [3.05, 3.63) is 52.8 Å². The van der Waals surface area contributed by atoms with Crippen LogP contribution in [0.5, 0.6) is 11.5 Å².